The lowest BCUT2D eigenvalue weighted by molar-refractivity contribution is 0.337. The first-order chi connectivity index (χ1) is 10.9. The van der Waals surface area contributed by atoms with E-state index in [0.717, 1.165) is 24.8 Å². The van der Waals surface area contributed by atoms with Gasteiger partial charge in [0.15, 0.2) is 0 Å². The third kappa shape index (κ3) is 3.01. The molecule has 0 aromatic heterocycles. The molecule has 1 atom stereocenters. The molecule has 3 rings (SSSR count). The van der Waals surface area contributed by atoms with Crippen LogP contribution in [-0.2, 0) is 16.4 Å². The highest BCUT2D eigenvalue weighted by atomic mass is 35.5. The fourth-order valence-corrected chi connectivity index (χ4v) is 5.60. The molecule has 0 aliphatic heterocycles. The molecule has 6 heteroatoms. The topological polar surface area (TPSA) is 37.4 Å². The lowest BCUT2D eigenvalue weighted by Crippen LogP contribution is -2.33. The first-order valence-corrected chi connectivity index (χ1v) is 9.62. The summed E-state index contributed by atoms with van der Waals surface area (Å²) in [5.41, 5.74) is 2.27. The third-order valence-electron chi connectivity index (χ3n) is 4.33. The fraction of sp³-hybridized carbons (Fsp3) is 0.294. The predicted molar refractivity (Wildman–Crippen MR) is 93.5 cm³/mol. The van der Waals surface area contributed by atoms with E-state index in [-0.39, 0.29) is 21.0 Å². The molecule has 0 saturated carbocycles. The van der Waals surface area contributed by atoms with Crippen molar-refractivity contribution in [1.29, 1.82) is 0 Å². The summed E-state index contributed by atoms with van der Waals surface area (Å²) in [6.45, 7) is 0. The van der Waals surface area contributed by atoms with Gasteiger partial charge in [-0.05, 0) is 42.5 Å². The van der Waals surface area contributed by atoms with Gasteiger partial charge in [0.05, 0.1) is 10.0 Å². The van der Waals surface area contributed by atoms with Crippen molar-refractivity contribution in [2.45, 2.75) is 30.2 Å². The molecule has 0 fully saturated rings. The number of hydrogen-bond donors (Lipinski definition) is 0. The van der Waals surface area contributed by atoms with E-state index in [0.29, 0.717) is 0 Å². The molecule has 1 unspecified atom stereocenters. The van der Waals surface area contributed by atoms with Gasteiger partial charge < -0.3 is 0 Å². The van der Waals surface area contributed by atoms with E-state index in [1.165, 1.54) is 9.87 Å². The molecular formula is C17H17Cl2NO2S. The van der Waals surface area contributed by atoms with Crippen LogP contribution in [0, 0.1) is 0 Å². The zero-order valence-electron chi connectivity index (χ0n) is 12.7. The van der Waals surface area contributed by atoms with Gasteiger partial charge in [0.25, 0.3) is 0 Å². The molecule has 0 heterocycles. The van der Waals surface area contributed by atoms with Crippen LogP contribution >= 0.6 is 23.2 Å². The minimum absolute atomic E-state index is 0.0195. The van der Waals surface area contributed by atoms with Crippen molar-refractivity contribution in [1.82, 2.24) is 4.31 Å². The molecule has 1 aliphatic carbocycles. The zero-order chi connectivity index (χ0) is 16.6. The van der Waals surface area contributed by atoms with Crippen LogP contribution in [0.1, 0.15) is 30.0 Å². The number of rotatable bonds is 3. The zero-order valence-corrected chi connectivity index (χ0v) is 15.0. The van der Waals surface area contributed by atoms with Gasteiger partial charge in [-0.15, -0.1) is 0 Å². The van der Waals surface area contributed by atoms with Crippen molar-refractivity contribution < 1.29 is 8.42 Å². The van der Waals surface area contributed by atoms with Crippen molar-refractivity contribution in [2.24, 2.45) is 0 Å². The third-order valence-corrected chi connectivity index (χ3v) is 7.16. The maximum atomic E-state index is 13.0. The minimum Gasteiger partial charge on any atom is -0.207 e. The van der Waals surface area contributed by atoms with Gasteiger partial charge in [0.2, 0.25) is 10.0 Å². The van der Waals surface area contributed by atoms with Crippen LogP contribution in [-0.4, -0.2) is 19.8 Å². The fourth-order valence-electron chi connectivity index (χ4n) is 3.15. The van der Waals surface area contributed by atoms with Crippen molar-refractivity contribution in [3.8, 4) is 0 Å². The number of aryl methyl sites for hydroxylation is 1. The lowest BCUT2D eigenvalue weighted by Gasteiger charge is -2.32. The second-order valence-corrected chi connectivity index (χ2v) is 8.43. The van der Waals surface area contributed by atoms with Crippen molar-refractivity contribution in [3.05, 3.63) is 63.6 Å². The van der Waals surface area contributed by atoms with E-state index in [1.807, 2.05) is 18.2 Å². The summed E-state index contributed by atoms with van der Waals surface area (Å²) >= 11 is 12.2. The maximum absolute atomic E-state index is 13.0. The molecule has 2 aromatic rings. The number of benzene rings is 2. The van der Waals surface area contributed by atoms with Crippen molar-refractivity contribution in [2.75, 3.05) is 7.05 Å². The van der Waals surface area contributed by atoms with Crippen molar-refractivity contribution >= 4 is 33.2 Å². The largest absolute Gasteiger partial charge is 0.246 e. The Hall–Kier alpha value is -1.07. The molecular weight excluding hydrogens is 353 g/mol. The average molecular weight is 370 g/mol. The van der Waals surface area contributed by atoms with E-state index in [1.54, 1.807) is 25.2 Å². The molecule has 0 bridgehead atoms. The Morgan fingerprint density at radius 2 is 1.70 bits per heavy atom. The van der Waals surface area contributed by atoms with Crippen molar-refractivity contribution in [3.63, 3.8) is 0 Å². The quantitative estimate of drug-likeness (QED) is 0.786. The SMILES string of the molecule is CN(C1CCCc2ccccc21)S(=O)(=O)c1c(Cl)cccc1Cl. The standard InChI is InChI=1S/C17H17Cl2NO2S/c1-20(16-11-4-7-12-6-2-3-8-13(12)16)23(21,22)17-14(18)9-5-10-15(17)19/h2-3,5-6,8-10,16H,4,7,11H2,1H3. The van der Waals surface area contributed by atoms with Crippen LogP contribution in [0.4, 0.5) is 0 Å². The second kappa shape index (κ2) is 6.44. The first kappa shape index (κ1) is 16.8. The Kier molecular flexibility index (Phi) is 4.70. The molecule has 0 N–H and O–H groups in total. The maximum Gasteiger partial charge on any atom is 0.246 e. The van der Waals surface area contributed by atoms with Crippen LogP contribution in [0.5, 0.6) is 0 Å². The van der Waals surface area contributed by atoms with Gasteiger partial charge in [0.1, 0.15) is 4.90 Å². The van der Waals surface area contributed by atoms with Gasteiger partial charge in [-0.1, -0.05) is 53.5 Å². The molecule has 0 amide bonds. The van der Waals surface area contributed by atoms with E-state index in [9.17, 15) is 8.42 Å². The first-order valence-electron chi connectivity index (χ1n) is 7.43. The normalized spacial score (nSPS) is 18.0. The van der Waals surface area contributed by atoms with Gasteiger partial charge in [0, 0.05) is 13.1 Å². The molecule has 1 aliphatic rings. The Morgan fingerprint density at radius 3 is 2.39 bits per heavy atom. The smallest absolute Gasteiger partial charge is 0.207 e. The Morgan fingerprint density at radius 1 is 1.04 bits per heavy atom. The summed E-state index contributed by atoms with van der Waals surface area (Å²) in [4.78, 5) is -0.0195. The molecule has 122 valence electrons. The summed E-state index contributed by atoms with van der Waals surface area (Å²) in [6, 6.07) is 12.5. The van der Waals surface area contributed by atoms with Gasteiger partial charge in [-0.2, -0.15) is 4.31 Å². The molecule has 23 heavy (non-hydrogen) atoms. The highest BCUT2D eigenvalue weighted by Crippen LogP contribution is 2.39. The van der Waals surface area contributed by atoms with Crippen LogP contribution in [0.3, 0.4) is 0 Å². The van der Waals surface area contributed by atoms with Crippen LogP contribution in [0.15, 0.2) is 47.4 Å². The Balaban J connectivity index is 2.05. The number of sulfonamides is 1. The molecule has 2 aromatic carbocycles. The summed E-state index contributed by atoms with van der Waals surface area (Å²) in [5.74, 6) is 0. The van der Waals surface area contributed by atoms with Gasteiger partial charge >= 0.3 is 0 Å². The monoisotopic (exact) mass is 369 g/mol. The van der Waals surface area contributed by atoms with Gasteiger partial charge in [-0.3, -0.25) is 0 Å². The number of fused-ring (bicyclic) bond motifs is 1. The van der Waals surface area contributed by atoms with Crippen LogP contribution in [0.2, 0.25) is 10.0 Å². The molecule has 3 nitrogen and oxygen atoms in total. The number of hydrogen-bond acceptors (Lipinski definition) is 2. The highest BCUT2D eigenvalue weighted by molar-refractivity contribution is 7.89. The predicted octanol–water partition coefficient (Wildman–Crippen LogP) is 4.69. The Labute approximate surface area is 146 Å². The summed E-state index contributed by atoms with van der Waals surface area (Å²) in [7, 11) is -2.17. The summed E-state index contributed by atoms with van der Waals surface area (Å²) < 4.78 is 27.5. The molecule has 0 spiro atoms. The van der Waals surface area contributed by atoms with Crippen LogP contribution in [0.25, 0.3) is 0 Å². The van der Waals surface area contributed by atoms with E-state index in [4.69, 9.17) is 23.2 Å². The van der Waals surface area contributed by atoms with Crippen LogP contribution < -0.4 is 0 Å². The Bertz CT molecular complexity index is 816. The second-order valence-electron chi connectivity index (χ2n) is 5.68. The summed E-state index contributed by atoms with van der Waals surface area (Å²) in [5, 5.41) is 0.293. The van der Waals surface area contributed by atoms with Gasteiger partial charge in [-0.25, -0.2) is 8.42 Å². The van der Waals surface area contributed by atoms with E-state index >= 15 is 0 Å². The average Bonchev–Trinajstić information content (AvgIpc) is 2.53. The summed E-state index contributed by atoms with van der Waals surface area (Å²) in [6.07, 6.45) is 2.72. The molecule has 0 saturated heterocycles. The van der Waals surface area contributed by atoms with E-state index in [2.05, 4.69) is 6.07 Å². The lowest BCUT2D eigenvalue weighted by atomic mass is 9.88. The molecule has 0 radical (unpaired) electrons. The number of halogens is 2. The minimum atomic E-state index is -3.77. The highest BCUT2D eigenvalue weighted by Gasteiger charge is 2.34. The van der Waals surface area contributed by atoms with E-state index < -0.39 is 10.0 Å². The number of nitrogens with zero attached hydrogens (tertiary/aromatic N) is 1.